The second-order valence-corrected chi connectivity index (χ2v) is 7.14. The molecule has 0 aliphatic heterocycles. The van der Waals surface area contributed by atoms with Gasteiger partial charge in [-0.3, -0.25) is 4.79 Å². The molecule has 124 valence electrons. The fourth-order valence-corrected chi connectivity index (χ4v) is 2.88. The van der Waals surface area contributed by atoms with E-state index in [1.165, 1.54) is 11.6 Å². The van der Waals surface area contributed by atoms with Crippen molar-refractivity contribution in [1.29, 1.82) is 0 Å². The highest BCUT2D eigenvalue weighted by molar-refractivity contribution is 5.82. The number of hydrogen-bond acceptors (Lipinski definition) is 1. The van der Waals surface area contributed by atoms with Crippen molar-refractivity contribution in [1.82, 2.24) is 4.98 Å². The fraction of sp³-hybridized carbons (Fsp3) is 0.250. The van der Waals surface area contributed by atoms with Gasteiger partial charge in [0.15, 0.2) is 5.43 Å². The standard InChI is InChI=1S/C20H19F2NO/c1-11-7-12(20(2,3)4)5-6-14(11)16-10-18(24)19-15(22)8-13(21)9-17(19)23-16/h5-10H,1-4H3,(H,23,24). The Kier molecular flexibility index (Phi) is 3.78. The number of fused-ring (bicyclic) bond motifs is 1. The Balaban J connectivity index is 2.22. The van der Waals surface area contributed by atoms with Crippen molar-refractivity contribution >= 4 is 10.9 Å². The van der Waals surface area contributed by atoms with Gasteiger partial charge in [-0.2, -0.15) is 0 Å². The predicted octanol–water partition coefficient (Wildman–Crippen LogP) is 5.08. The maximum absolute atomic E-state index is 13.8. The van der Waals surface area contributed by atoms with E-state index in [2.05, 4.69) is 31.8 Å². The van der Waals surface area contributed by atoms with Gasteiger partial charge in [-0.05, 0) is 29.5 Å². The summed E-state index contributed by atoms with van der Waals surface area (Å²) >= 11 is 0. The lowest BCUT2D eigenvalue weighted by Crippen LogP contribution is -2.11. The van der Waals surface area contributed by atoms with Crippen LogP contribution in [0, 0.1) is 18.6 Å². The summed E-state index contributed by atoms with van der Waals surface area (Å²) in [5.41, 5.74) is 3.29. The second-order valence-electron chi connectivity index (χ2n) is 7.14. The Morgan fingerprint density at radius 2 is 1.71 bits per heavy atom. The molecule has 0 spiro atoms. The van der Waals surface area contributed by atoms with E-state index in [-0.39, 0.29) is 16.3 Å². The van der Waals surface area contributed by atoms with Gasteiger partial charge in [0.2, 0.25) is 0 Å². The zero-order valence-electron chi connectivity index (χ0n) is 14.1. The largest absolute Gasteiger partial charge is 0.354 e. The van der Waals surface area contributed by atoms with Crippen LogP contribution in [0.5, 0.6) is 0 Å². The van der Waals surface area contributed by atoms with E-state index in [0.717, 1.165) is 23.3 Å². The van der Waals surface area contributed by atoms with Gasteiger partial charge in [0.1, 0.15) is 11.6 Å². The van der Waals surface area contributed by atoms with Gasteiger partial charge in [-0.15, -0.1) is 0 Å². The Morgan fingerprint density at radius 3 is 2.33 bits per heavy atom. The molecule has 0 saturated heterocycles. The van der Waals surface area contributed by atoms with Crippen molar-refractivity contribution in [3.63, 3.8) is 0 Å². The molecular formula is C20H19F2NO. The second kappa shape index (κ2) is 5.55. The molecule has 0 saturated carbocycles. The Morgan fingerprint density at radius 1 is 1.00 bits per heavy atom. The molecule has 0 atom stereocenters. The first-order valence-electron chi connectivity index (χ1n) is 7.80. The van der Waals surface area contributed by atoms with Crippen molar-refractivity contribution in [2.45, 2.75) is 33.1 Å². The Bertz CT molecular complexity index is 997. The van der Waals surface area contributed by atoms with E-state index in [1.54, 1.807) is 0 Å². The summed E-state index contributed by atoms with van der Waals surface area (Å²) in [4.78, 5) is 15.2. The molecule has 0 aliphatic carbocycles. The maximum atomic E-state index is 13.8. The SMILES string of the molecule is Cc1cc(C(C)(C)C)ccc1-c1cc(=O)c2c(F)cc(F)cc2[nH]1. The van der Waals surface area contributed by atoms with Crippen LogP contribution < -0.4 is 5.43 Å². The van der Waals surface area contributed by atoms with Crippen LogP contribution in [0.2, 0.25) is 0 Å². The van der Waals surface area contributed by atoms with E-state index in [9.17, 15) is 13.6 Å². The van der Waals surface area contributed by atoms with Crippen LogP contribution in [-0.2, 0) is 5.41 Å². The van der Waals surface area contributed by atoms with Crippen molar-refractivity contribution in [3.05, 3.63) is 69.4 Å². The molecule has 4 heteroatoms. The molecule has 1 N–H and O–H groups in total. The summed E-state index contributed by atoms with van der Waals surface area (Å²) in [6.45, 7) is 8.35. The fourth-order valence-electron chi connectivity index (χ4n) is 2.88. The number of halogens is 2. The minimum atomic E-state index is -0.849. The van der Waals surface area contributed by atoms with Crippen molar-refractivity contribution < 1.29 is 8.78 Å². The first kappa shape index (κ1) is 16.4. The highest BCUT2D eigenvalue weighted by Gasteiger charge is 2.16. The summed E-state index contributed by atoms with van der Waals surface area (Å²) in [6, 6.07) is 9.24. The van der Waals surface area contributed by atoms with Gasteiger partial charge in [-0.1, -0.05) is 39.0 Å². The van der Waals surface area contributed by atoms with Crippen molar-refractivity contribution in [2.75, 3.05) is 0 Å². The van der Waals surface area contributed by atoms with Gasteiger partial charge in [-0.25, -0.2) is 8.78 Å². The van der Waals surface area contributed by atoms with Crippen LogP contribution in [0.1, 0.15) is 31.9 Å². The summed E-state index contributed by atoms with van der Waals surface area (Å²) < 4.78 is 27.3. The minimum absolute atomic E-state index is 0.0202. The quantitative estimate of drug-likeness (QED) is 0.664. The summed E-state index contributed by atoms with van der Waals surface area (Å²) in [5, 5.41) is -0.121. The highest BCUT2D eigenvalue weighted by atomic mass is 19.1. The maximum Gasteiger partial charge on any atom is 0.192 e. The molecule has 2 aromatic carbocycles. The normalized spacial score (nSPS) is 11.9. The number of aromatic nitrogens is 1. The molecule has 0 aliphatic rings. The topological polar surface area (TPSA) is 32.9 Å². The first-order chi connectivity index (χ1) is 11.2. The van der Waals surface area contributed by atoms with E-state index < -0.39 is 17.1 Å². The molecule has 3 rings (SSSR count). The van der Waals surface area contributed by atoms with Crippen LogP contribution in [0.4, 0.5) is 8.78 Å². The number of H-pyrrole nitrogens is 1. The number of nitrogens with one attached hydrogen (secondary N) is 1. The van der Waals surface area contributed by atoms with E-state index in [0.29, 0.717) is 5.69 Å². The van der Waals surface area contributed by atoms with Crippen LogP contribution in [0.15, 0.2) is 41.2 Å². The third-order valence-electron chi connectivity index (χ3n) is 4.23. The molecule has 1 aromatic heterocycles. The van der Waals surface area contributed by atoms with Crippen LogP contribution >= 0.6 is 0 Å². The Hall–Kier alpha value is -2.49. The van der Waals surface area contributed by atoms with E-state index in [1.807, 2.05) is 19.1 Å². The average Bonchev–Trinajstić information content (AvgIpc) is 2.44. The van der Waals surface area contributed by atoms with Gasteiger partial charge < -0.3 is 4.98 Å². The number of rotatable bonds is 1. The van der Waals surface area contributed by atoms with Crippen LogP contribution in [0.25, 0.3) is 22.2 Å². The predicted molar refractivity (Wildman–Crippen MR) is 93.4 cm³/mol. The van der Waals surface area contributed by atoms with Crippen molar-refractivity contribution in [3.8, 4) is 11.3 Å². The smallest absolute Gasteiger partial charge is 0.192 e. The van der Waals surface area contributed by atoms with E-state index in [4.69, 9.17) is 0 Å². The molecule has 24 heavy (non-hydrogen) atoms. The molecule has 3 aromatic rings. The number of hydrogen-bond donors (Lipinski definition) is 1. The van der Waals surface area contributed by atoms with Gasteiger partial charge in [0.05, 0.1) is 10.9 Å². The molecule has 0 radical (unpaired) electrons. The molecule has 1 heterocycles. The zero-order chi connectivity index (χ0) is 17.6. The van der Waals surface area contributed by atoms with Gasteiger partial charge in [0, 0.05) is 23.4 Å². The lowest BCUT2D eigenvalue weighted by molar-refractivity contribution is 0.589. The van der Waals surface area contributed by atoms with Gasteiger partial charge >= 0.3 is 0 Å². The third-order valence-corrected chi connectivity index (χ3v) is 4.23. The number of aromatic amines is 1. The molecule has 0 fully saturated rings. The lowest BCUT2D eigenvalue weighted by atomic mass is 9.85. The highest BCUT2D eigenvalue weighted by Crippen LogP contribution is 2.29. The van der Waals surface area contributed by atoms with E-state index >= 15 is 0 Å². The zero-order valence-corrected chi connectivity index (χ0v) is 14.1. The molecule has 0 amide bonds. The van der Waals surface area contributed by atoms with Crippen molar-refractivity contribution in [2.24, 2.45) is 0 Å². The van der Waals surface area contributed by atoms with Crippen LogP contribution in [-0.4, -0.2) is 4.98 Å². The number of pyridine rings is 1. The number of benzene rings is 2. The summed E-state index contributed by atoms with van der Waals surface area (Å²) in [6.07, 6.45) is 0. The Labute approximate surface area is 139 Å². The molecule has 0 unspecified atom stereocenters. The van der Waals surface area contributed by atoms with Crippen LogP contribution in [0.3, 0.4) is 0 Å². The molecule has 0 bridgehead atoms. The monoisotopic (exact) mass is 327 g/mol. The number of aryl methyl sites for hydroxylation is 1. The molecular weight excluding hydrogens is 308 g/mol. The summed E-state index contributed by atoms with van der Waals surface area (Å²) in [7, 11) is 0. The minimum Gasteiger partial charge on any atom is -0.354 e. The molecule has 2 nitrogen and oxygen atoms in total. The summed E-state index contributed by atoms with van der Waals surface area (Å²) in [5.74, 6) is -1.56. The first-order valence-corrected chi connectivity index (χ1v) is 7.80. The lowest BCUT2D eigenvalue weighted by Gasteiger charge is -2.20. The average molecular weight is 327 g/mol. The van der Waals surface area contributed by atoms with Gasteiger partial charge in [0.25, 0.3) is 0 Å². The third kappa shape index (κ3) is 2.84.